The zero-order valence-corrected chi connectivity index (χ0v) is 10.7. The first-order chi connectivity index (χ1) is 8.35. The molecule has 0 aliphatic heterocycles. The monoisotopic (exact) mass is 323 g/mol. The lowest BCUT2D eigenvalue weighted by molar-refractivity contribution is -0.131. The van der Waals surface area contributed by atoms with Gasteiger partial charge in [0.15, 0.2) is 0 Å². The van der Waals surface area contributed by atoms with E-state index in [9.17, 15) is 18.0 Å². The van der Waals surface area contributed by atoms with E-state index in [4.69, 9.17) is 6.42 Å². The van der Waals surface area contributed by atoms with Crippen molar-refractivity contribution < 1.29 is 13.2 Å². The van der Waals surface area contributed by atoms with Crippen LogP contribution in [0.3, 0.4) is 0 Å². The molecule has 0 fully saturated rings. The SMILES string of the molecule is C#CCn1ncc(NCCC(F)(F)F)c(Br)c1=O. The van der Waals surface area contributed by atoms with Gasteiger partial charge in [0.1, 0.15) is 11.0 Å². The summed E-state index contributed by atoms with van der Waals surface area (Å²) in [4.78, 5) is 11.6. The van der Waals surface area contributed by atoms with Crippen LogP contribution in [0.4, 0.5) is 18.9 Å². The van der Waals surface area contributed by atoms with Crippen LogP contribution < -0.4 is 10.9 Å². The molecule has 0 aliphatic carbocycles. The van der Waals surface area contributed by atoms with E-state index in [1.165, 1.54) is 6.20 Å². The summed E-state index contributed by atoms with van der Waals surface area (Å²) < 4.78 is 37.0. The van der Waals surface area contributed by atoms with Crippen molar-refractivity contribution in [2.45, 2.75) is 19.1 Å². The Bertz CT molecular complexity index is 519. The number of halogens is 4. The van der Waals surface area contributed by atoms with E-state index in [1.807, 2.05) is 0 Å². The van der Waals surface area contributed by atoms with E-state index in [1.54, 1.807) is 0 Å². The molecule has 0 unspecified atom stereocenters. The van der Waals surface area contributed by atoms with Crippen molar-refractivity contribution in [2.24, 2.45) is 0 Å². The molecule has 1 aromatic rings. The van der Waals surface area contributed by atoms with Crippen LogP contribution in [0.25, 0.3) is 0 Å². The van der Waals surface area contributed by atoms with Gasteiger partial charge in [-0.15, -0.1) is 6.42 Å². The third kappa shape index (κ3) is 4.07. The van der Waals surface area contributed by atoms with Crippen LogP contribution in [0.15, 0.2) is 15.5 Å². The molecule has 0 amide bonds. The fourth-order valence-electron chi connectivity index (χ4n) is 1.13. The molecular formula is C10H9BrF3N3O. The van der Waals surface area contributed by atoms with E-state index in [0.717, 1.165) is 4.68 Å². The molecule has 1 N–H and O–H groups in total. The minimum atomic E-state index is -4.24. The van der Waals surface area contributed by atoms with Crippen molar-refractivity contribution in [2.75, 3.05) is 11.9 Å². The van der Waals surface area contributed by atoms with Gasteiger partial charge in [-0.25, -0.2) is 4.68 Å². The lowest BCUT2D eigenvalue weighted by atomic mass is 10.4. The molecule has 0 radical (unpaired) electrons. The van der Waals surface area contributed by atoms with Crippen LogP contribution in [0.2, 0.25) is 0 Å². The van der Waals surface area contributed by atoms with Crippen LogP contribution in [0.5, 0.6) is 0 Å². The zero-order valence-electron chi connectivity index (χ0n) is 9.09. The average Bonchev–Trinajstić information content (AvgIpc) is 2.27. The van der Waals surface area contributed by atoms with Gasteiger partial charge in [-0.3, -0.25) is 4.79 Å². The predicted octanol–water partition coefficient (Wildman–Crippen LogP) is 2.00. The second-order valence-corrected chi connectivity index (χ2v) is 4.12. The number of nitrogens with zero attached hydrogens (tertiary/aromatic N) is 2. The molecule has 18 heavy (non-hydrogen) atoms. The van der Waals surface area contributed by atoms with Crippen LogP contribution >= 0.6 is 15.9 Å². The Morgan fingerprint density at radius 1 is 1.56 bits per heavy atom. The van der Waals surface area contributed by atoms with Gasteiger partial charge in [0.05, 0.1) is 18.3 Å². The van der Waals surface area contributed by atoms with E-state index >= 15 is 0 Å². The molecule has 0 aromatic carbocycles. The van der Waals surface area contributed by atoms with Crippen LogP contribution in [-0.2, 0) is 6.54 Å². The molecule has 98 valence electrons. The second-order valence-electron chi connectivity index (χ2n) is 3.33. The summed E-state index contributed by atoms with van der Waals surface area (Å²) in [7, 11) is 0. The molecule has 0 saturated heterocycles. The van der Waals surface area contributed by atoms with Gasteiger partial charge in [-0.2, -0.15) is 18.3 Å². The van der Waals surface area contributed by atoms with Gasteiger partial charge in [-0.1, -0.05) is 5.92 Å². The van der Waals surface area contributed by atoms with E-state index in [-0.39, 0.29) is 23.2 Å². The molecule has 0 spiro atoms. The topological polar surface area (TPSA) is 46.9 Å². The number of hydrogen-bond donors (Lipinski definition) is 1. The summed E-state index contributed by atoms with van der Waals surface area (Å²) in [5, 5.41) is 6.22. The summed E-state index contributed by atoms with van der Waals surface area (Å²) in [6.45, 7) is -0.331. The summed E-state index contributed by atoms with van der Waals surface area (Å²) in [5.41, 5.74) is -0.289. The first-order valence-corrected chi connectivity index (χ1v) is 5.64. The Labute approximate surface area is 109 Å². The maximum atomic E-state index is 11.9. The molecule has 4 nitrogen and oxygen atoms in total. The lowest BCUT2D eigenvalue weighted by Crippen LogP contribution is -2.24. The fraction of sp³-hybridized carbons (Fsp3) is 0.400. The Morgan fingerprint density at radius 3 is 2.78 bits per heavy atom. The molecule has 0 bridgehead atoms. The summed E-state index contributed by atoms with van der Waals surface area (Å²) >= 11 is 3.00. The molecule has 0 atom stereocenters. The quantitative estimate of drug-likeness (QED) is 0.862. The maximum absolute atomic E-state index is 11.9. The number of terminal acetylenes is 1. The smallest absolute Gasteiger partial charge is 0.382 e. The molecule has 1 aromatic heterocycles. The highest BCUT2D eigenvalue weighted by atomic mass is 79.9. The van der Waals surface area contributed by atoms with Crippen molar-refractivity contribution in [3.8, 4) is 12.3 Å². The second kappa shape index (κ2) is 5.91. The Morgan fingerprint density at radius 2 is 2.22 bits per heavy atom. The van der Waals surface area contributed by atoms with Gasteiger partial charge < -0.3 is 5.32 Å². The minimum Gasteiger partial charge on any atom is -0.382 e. The lowest BCUT2D eigenvalue weighted by Gasteiger charge is -2.10. The average molecular weight is 324 g/mol. The summed E-state index contributed by atoms with van der Waals surface area (Å²) in [6, 6.07) is 0. The van der Waals surface area contributed by atoms with E-state index < -0.39 is 18.2 Å². The van der Waals surface area contributed by atoms with Gasteiger partial charge in [0.2, 0.25) is 0 Å². The van der Waals surface area contributed by atoms with Gasteiger partial charge >= 0.3 is 6.18 Å². The Kier molecular flexibility index (Phi) is 4.78. The third-order valence-corrected chi connectivity index (χ3v) is 2.72. The number of anilines is 1. The van der Waals surface area contributed by atoms with E-state index in [2.05, 4.69) is 32.3 Å². The largest absolute Gasteiger partial charge is 0.390 e. The normalized spacial score (nSPS) is 11.1. The van der Waals surface area contributed by atoms with Crippen LogP contribution in [0.1, 0.15) is 6.42 Å². The standard InChI is InChI=1S/C10H9BrF3N3O/c1-2-5-17-9(18)8(11)7(6-16-17)15-4-3-10(12,13)14/h1,6,15H,3-5H2. The molecule has 1 rings (SSSR count). The number of nitrogens with one attached hydrogen (secondary N) is 1. The van der Waals surface area contributed by atoms with Crippen molar-refractivity contribution in [1.29, 1.82) is 0 Å². The minimum absolute atomic E-state index is 0.000262. The first kappa shape index (κ1) is 14.6. The van der Waals surface area contributed by atoms with Crippen LogP contribution in [0, 0.1) is 12.3 Å². The van der Waals surface area contributed by atoms with E-state index in [0.29, 0.717) is 0 Å². The summed E-state index contributed by atoms with van der Waals surface area (Å²) in [6.07, 6.45) is 1.05. The van der Waals surface area contributed by atoms with Crippen LogP contribution in [-0.4, -0.2) is 22.5 Å². The highest BCUT2D eigenvalue weighted by Crippen LogP contribution is 2.21. The Hall–Kier alpha value is -1.49. The van der Waals surface area contributed by atoms with Gasteiger partial charge in [0.25, 0.3) is 5.56 Å². The summed E-state index contributed by atoms with van der Waals surface area (Å²) in [5.74, 6) is 2.25. The van der Waals surface area contributed by atoms with Crippen molar-refractivity contribution >= 4 is 21.6 Å². The highest BCUT2D eigenvalue weighted by Gasteiger charge is 2.26. The molecule has 8 heteroatoms. The molecule has 1 heterocycles. The van der Waals surface area contributed by atoms with Crippen molar-refractivity contribution in [3.05, 3.63) is 21.0 Å². The molecule has 0 saturated carbocycles. The number of aromatic nitrogens is 2. The first-order valence-electron chi connectivity index (χ1n) is 4.85. The molecular weight excluding hydrogens is 315 g/mol. The van der Waals surface area contributed by atoms with Gasteiger partial charge in [0, 0.05) is 6.54 Å². The number of hydrogen-bond acceptors (Lipinski definition) is 3. The molecule has 0 aliphatic rings. The maximum Gasteiger partial charge on any atom is 0.390 e. The Balaban J connectivity index is 2.78. The van der Waals surface area contributed by atoms with Crippen molar-refractivity contribution in [1.82, 2.24) is 9.78 Å². The van der Waals surface area contributed by atoms with Crippen molar-refractivity contribution in [3.63, 3.8) is 0 Å². The van der Waals surface area contributed by atoms with Gasteiger partial charge in [-0.05, 0) is 15.9 Å². The predicted molar refractivity (Wildman–Crippen MR) is 64.2 cm³/mol. The highest BCUT2D eigenvalue weighted by molar-refractivity contribution is 9.10. The third-order valence-electron chi connectivity index (χ3n) is 1.95. The number of rotatable bonds is 4. The zero-order chi connectivity index (χ0) is 13.8. The fourth-order valence-corrected chi connectivity index (χ4v) is 1.57. The number of alkyl halides is 3.